The summed E-state index contributed by atoms with van der Waals surface area (Å²) in [5, 5.41) is 0. The number of hydrogen-bond acceptors (Lipinski definition) is 3. The van der Waals surface area contributed by atoms with Crippen LogP contribution < -0.4 is 4.90 Å². The van der Waals surface area contributed by atoms with E-state index in [0.717, 1.165) is 49.4 Å². The van der Waals surface area contributed by atoms with Crippen LogP contribution in [0.25, 0.3) is 0 Å². The van der Waals surface area contributed by atoms with Gasteiger partial charge in [0.25, 0.3) is 5.91 Å². The lowest BCUT2D eigenvalue weighted by molar-refractivity contribution is -0.164. The van der Waals surface area contributed by atoms with E-state index in [-0.39, 0.29) is 35.6 Å². The summed E-state index contributed by atoms with van der Waals surface area (Å²) < 4.78 is 0.906. The van der Waals surface area contributed by atoms with Gasteiger partial charge in [-0.25, -0.2) is 4.90 Å². The van der Waals surface area contributed by atoms with E-state index in [4.69, 9.17) is 0 Å². The Bertz CT molecular complexity index is 947. The van der Waals surface area contributed by atoms with Crippen molar-refractivity contribution < 1.29 is 14.4 Å². The maximum Gasteiger partial charge on any atom is 0.257 e. The van der Waals surface area contributed by atoms with E-state index in [2.05, 4.69) is 15.9 Å². The first-order chi connectivity index (χ1) is 16.4. The zero-order chi connectivity index (χ0) is 23.4. The quantitative estimate of drug-likeness (QED) is 0.365. The lowest BCUT2D eigenvalue weighted by Crippen LogP contribution is -2.60. The standard InChI is InChI=1S/C28H35BrN2O3/c29-21-7-9-23(10-8-21)31-25(32)14-24(26(31)33)30(22-5-3-1-2-4-6-22)27(34)28-15-18-11-19(16-28)13-20(12-18)17-28/h7-10,18-20,22,24H,1-6,11-17H2. The Morgan fingerprint density at radius 1 is 0.882 bits per heavy atom. The highest BCUT2D eigenvalue weighted by Gasteiger charge is 2.58. The van der Waals surface area contributed by atoms with Crippen LogP contribution in [0.5, 0.6) is 0 Å². The number of halogens is 1. The van der Waals surface area contributed by atoms with Gasteiger partial charge in [0.2, 0.25) is 11.8 Å². The molecule has 1 aromatic carbocycles. The summed E-state index contributed by atoms with van der Waals surface area (Å²) in [4.78, 5) is 44.8. The summed E-state index contributed by atoms with van der Waals surface area (Å²) in [5.41, 5.74) is 0.304. The number of carbonyl (C=O) groups excluding carboxylic acids is 3. The van der Waals surface area contributed by atoms with E-state index in [9.17, 15) is 14.4 Å². The van der Waals surface area contributed by atoms with Crippen LogP contribution in [0, 0.1) is 23.2 Å². The largest absolute Gasteiger partial charge is 0.327 e. The third-order valence-corrected chi connectivity index (χ3v) is 10.0. The Labute approximate surface area is 210 Å². The highest BCUT2D eigenvalue weighted by Crippen LogP contribution is 2.61. The van der Waals surface area contributed by atoms with Gasteiger partial charge in [-0.2, -0.15) is 0 Å². The second-order valence-corrected chi connectivity index (χ2v) is 12.7. The van der Waals surface area contributed by atoms with E-state index in [1.165, 1.54) is 37.0 Å². The Hall–Kier alpha value is -1.69. The van der Waals surface area contributed by atoms with Crippen molar-refractivity contribution in [1.82, 2.24) is 4.90 Å². The van der Waals surface area contributed by atoms with Crippen LogP contribution in [-0.4, -0.2) is 34.7 Å². The maximum absolute atomic E-state index is 14.6. The molecule has 1 unspecified atom stereocenters. The number of hydrogen-bond donors (Lipinski definition) is 0. The molecule has 6 heteroatoms. The van der Waals surface area contributed by atoms with Crippen LogP contribution >= 0.6 is 15.9 Å². The molecule has 34 heavy (non-hydrogen) atoms. The summed E-state index contributed by atoms with van der Waals surface area (Å²) in [6, 6.07) is 6.74. The molecular weight excluding hydrogens is 492 g/mol. The van der Waals surface area contributed by atoms with Crippen molar-refractivity contribution in [2.45, 2.75) is 95.6 Å². The van der Waals surface area contributed by atoms with Crippen LogP contribution in [0.15, 0.2) is 28.7 Å². The molecule has 6 aliphatic rings. The molecule has 5 aliphatic carbocycles. The summed E-state index contributed by atoms with van der Waals surface area (Å²) in [6.07, 6.45) is 13.4. The lowest BCUT2D eigenvalue weighted by Gasteiger charge is -2.57. The average Bonchev–Trinajstić information content (AvgIpc) is 2.96. The maximum atomic E-state index is 14.6. The summed E-state index contributed by atoms with van der Waals surface area (Å²) in [6.45, 7) is 0. The van der Waals surface area contributed by atoms with Gasteiger partial charge in [0.1, 0.15) is 6.04 Å². The molecular formula is C28H35BrN2O3. The van der Waals surface area contributed by atoms with Gasteiger partial charge in [-0.05, 0) is 93.4 Å². The van der Waals surface area contributed by atoms with Gasteiger partial charge in [0, 0.05) is 10.5 Å². The van der Waals surface area contributed by atoms with E-state index >= 15 is 0 Å². The van der Waals surface area contributed by atoms with E-state index in [0.29, 0.717) is 23.4 Å². The van der Waals surface area contributed by atoms with Crippen molar-refractivity contribution in [2.24, 2.45) is 23.2 Å². The van der Waals surface area contributed by atoms with Crippen LogP contribution in [0.1, 0.15) is 83.5 Å². The van der Waals surface area contributed by atoms with Crippen LogP contribution in [0.2, 0.25) is 0 Å². The van der Waals surface area contributed by atoms with Crippen LogP contribution in [-0.2, 0) is 14.4 Å². The third kappa shape index (κ3) is 3.84. The first kappa shape index (κ1) is 22.8. The molecule has 1 aromatic rings. The number of amides is 3. The van der Waals surface area contributed by atoms with Crippen molar-refractivity contribution in [1.29, 1.82) is 0 Å². The smallest absolute Gasteiger partial charge is 0.257 e. The topological polar surface area (TPSA) is 57.7 Å². The Kier molecular flexibility index (Phi) is 5.86. The van der Waals surface area contributed by atoms with Gasteiger partial charge >= 0.3 is 0 Å². The van der Waals surface area contributed by atoms with Crippen LogP contribution in [0.4, 0.5) is 5.69 Å². The van der Waals surface area contributed by atoms with Gasteiger partial charge in [-0.1, -0.05) is 41.6 Å². The van der Waals surface area contributed by atoms with Gasteiger partial charge in [0.15, 0.2) is 0 Å². The lowest BCUT2D eigenvalue weighted by atomic mass is 9.49. The molecule has 7 rings (SSSR count). The summed E-state index contributed by atoms with van der Waals surface area (Å²) >= 11 is 3.43. The van der Waals surface area contributed by atoms with Crippen LogP contribution in [0.3, 0.4) is 0 Å². The molecule has 5 saturated carbocycles. The van der Waals surface area contributed by atoms with Gasteiger partial charge in [-0.3, -0.25) is 14.4 Å². The number of imide groups is 1. The fourth-order valence-corrected chi connectivity index (χ4v) is 8.70. The summed E-state index contributed by atoms with van der Waals surface area (Å²) in [5.74, 6) is 1.83. The average molecular weight is 528 g/mol. The monoisotopic (exact) mass is 526 g/mol. The third-order valence-electron chi connectivity index (χ3n) is 9.49. The van der Waals surface area contributed by atoms with Gasteiger partial charge in [-0.15, -0.1) is 0 Å². The second kappa shape index (κ2) is 8.76. The number of carbonyl (C=O) groups is 3. The fraction of sp³-hybridized carbons (Fsp3) is 0.679. The van der Waals surface area contributed by atoms with Crippen molar-refractivity contribution in [3.63, 3.8) is 0 Å². The molecule has 1 aliphatic heterocycles. The predicted molar refractivity (Wildman–Crippen MR) is 134 cm³/mol. The highest BCUT2D eigenvalue weighted by atomic mass is 79.9. The zero-order valence-electron chi connectivity index (χ0n) is 19.9. The van der Waals surface area contributed by atoms with E-state index in [1.54, 1.807) is 12.1 Å². The molecule has 5 nitrogen and oxygen atoms in total. The number of anilines is 1. The van der Waals surface area contributed by atoms with Crippen molar-refractivity contribution in [3.05, 3.63) is 28.7 Å². The fourth-order valence-electron chi connectivity index (χ4n) is 8.44. The van der Waals surface area contributed by atoms with Gasteiger partial charge < -0.3 is 4.90 Å². The zero-order valence-corrected chi connectivity index (χ0v) is 21.5. The molecule has 4 bridgehead atoms. The molecule has 6 fully saturated rings. The van der Waals surface area contributed by atoms with Crippen molar-refractivity contribution in [2.75, 3.05) is 4.90 Å². The molecule has 1 atom stereocenters. The second-order valence-electron chi connectivity index (χ2n) is 11.8. The Morgan fingerprint density at radius 3 is 2.00 bits per heavy atom. The normalized spacial score (nSPS) is 35.6. The molecule has 182 valence electrons. The molecule has 1 heterocycles. The first-order valence-corrected chi connectivity index (χ1v) is 14.2. The molecule has 0 spiro atoms. The van der Waals surface area contributed by atoms with E-state index < -0.39 is 6.04 Å². The Balaban J connectivity index is 1.34. The first-order valence-electron chi connectivity index (χ1n) is 13.4. The number of rotatable bonds is 4. The van der Waals surface area contributed by atoms with E-state index in [1.807, 2.05) is 17.0 Å². The summed E-state index contributed by atoms with van der Waals surface area (Å²) in [7, 11) is 0. The molecule has 3 amide bonds. The predicted octanol–water partition coefficient (Wildman–Crippen LogP) is 5.85. The highest BCUT2D eigenvalue weighted by molar-refractivity contribution is 9.10. The Morgan fingerprint density at radius 2 is 1.44 bits per heavy atom. The van der Waals surface area contributed by atoms with Crippen molar-refractivity contribution >= 4 is 39.3 Å². The van der Waals surface area contributed by atoms with Gasteiger partial charge in [0.05, 0.1) is 17.5 Å². The SMILES string of the molecule is O=C1CC(N(C(=O)C23CC4CC(CC(C4)C2)C3)C2CCCCCC2)C(=O)N1c1ccc(Br)cc1. The number of benzene rings is 1. The molecule has 0 aromatic heterocycles. The minimum absolute atomic E-state index is 0.0784. The molecule has 0 N–H and O–H groups in total. The minimum atomic E-state index is -0.653. The molecule has 0 radical (unpaired) electrons. The minimum Gasteiger partial charge on any atom is -0.327 e. The number of nitrogens with zero attached hydrogens (tertiary/aromatic N) is 2. The molecule has 1 saturated heterocycles. The van der Waals surface area contributed by atoms with Crippen molar-refractivity contribution in [3.8, 4) is 0 Å².